The topological polar surface area (TPSA) is 56.4 Å². The van der Waals surface area contributed by atoms with Gasteiger partial charge in [0, 0.05) is 33.9 Å². The van der Waals surface area contributed by atoms with Gasteiger partial charge in [-0.05, 0) is 49.1 Å². The number of fused-ring (bicyclic) bond motifs is 5. The molecule has 6 rings (SSSR count). The standard InChI is InChI=1S/C26H26BrN3O2/c1-26-24-23(19-8-4-5-9-21(19)28-24)20(16-10-12-17(27)13-11-16)14-30(26)22(31)15-29(25(26)32)18-6-2-3-7-18/h4-5,8-13,18,20,28H,2-3,6-7,14-15H2,1H3/t20-,26+/m1/s1. The Morgan fingerprint density at radius 1 is 1.03 bits per heavy atom. The van der Waals surface area contributed by atoms with Gasteiger partial charge in [0.05, 0.1) is 5.69 Å². The summed E-state index contributed by atoms with van der Waals surface area (Å²) in [5.74, 6) is 0.119. The Morgan fingerprint density at radius 2 is 1.75 bits per heavy atom. The summed E-state index contributed by atoms with van der Waals surface area (Å²) >= 11 is 3.53. The number of para-hydroxylation sites is 1. The predicted molar refractivity (Wildman–Crippen MR) is 127 cm³/mol. The van der Waals surface area contributed by atoms with E-state index in [1.807, 2.05) is 41.0 Å². The lowest BCUT2D eigenvalue weighted by molar-refractivity contribution is -0.168. The van der Waals surface area contributed by atoms with Gasteiger partial charge in [-0.25, -0.2) is 0 Å². The molecule has 2 aliphatic heterocycles. The van der Waals surface area contributed by atoms with Gasteiger partial charge in [0.25, 0.3) is 5.91 Å². The van der Waals surface area contributed by atoms with E-state index in [1.165, 1.54) is 0 Å². The van der Waals surface area contributed by atoms with Crippen molar-refractivity contribution in [1.29, 1.82) is 0 Å². The average Bonchev–Trinajstić information content (AvgIpc) is 3.46. The second-order valence-electron chi connectivity index (χ2n) is 9.51. The Bertz CT molecular complexity index is 1230. The zero-order valence-electron chi connectivity index (χ0n) is 18.1. The average molecular weight is 492 g/mol. The molecule has 1 N–H and O–H groups in total. The van der Waals surface area contributed by atoms with Crippen LogP contribution in [0.4, 0.5) is 0 Å². The van der Waals surface area contributed by atoms with E-state index in [1.54, 1.807) is 0 Å². The van der Waals surface area contributed by atoms with E-state index in [9.17, 15) is 9.59 Å². The van der Waals surface area contributed by atoms with Gasteiger partial charge in [0.15, 0.2) is 5.54 Å². The molecule has 3 heterocycles. The van der Waals surface area contributed by atoms with Gasteiger partial charge in [0.2, 0.25) is 5.91 Å². The number of aromatic nitrogens is 1. The molecule has 2 aromatic carbocycles. The number of nitrogens with zero attached hydrogens (tertiary/aromatic N) is 2. The first-order valence-corrected chi connectivity index (χ1v) is 12.3. The van der Waals surface area contributed by atoms with Crippen LogP contribution >= 0.6 is 15.9 Å². The summed E-state index contributed by atoms with van der Waals surface area (Å²) in [6, 6.07) is 16.7. The van der Waals surface area contributed by atoms with Crippen LogP contribution in [0, 0.1) is 0 Å². The van der Waals surface area contributed by atoms with Gasteiger partial charge in [0.1, 0.15) is 6.54 Å². The van der Waals surface area contributed by atoms with Gasteiger partial charge in [-0.3, -0.25) is 9.59 Å². The van der Waals surface area contributed by atoms with E-state index in [0.29, 0.717) is 6.54 Å². The molecule has 0 bridgehead atoms. The van der Waals surface area contributed by atoms with Crippen LogP contribution in [0.5, 0.6) is 0 Å². The number of aromatic amines is 1. The van der Waals surface area contributed by atoms with Crippen molar-refractivity contribution >= 4 is 38.6 Å². The zero-order valence-corrected chi connectivity index (χ0v) is 19.7. The smallest absolute Gasteiger partial charge is 0.255 e. The monoisotopic (exact) mass is 491 g/mol. The van der Waals surface area contributed by atoms with Crippen molar-refractivity contribution in [2.45, 2.75) is 50.1 Å². The number of hydrogen-bond acceptors (Lipinski definition) is 2. The van der Waals surface area contributed by atoms with Crippen molar-refractivity contribution in [2.75, 3.05) is 13.1 Å². The van der Waals surface area contributed by atoms with Gasteiger partial charge < -0.3 is 14.8 Å². The maximum Gasteiger partial charge on any atom is 0.255 e. The number of halogens is 1. The molecule has 1 aromatic heterocycles. The van der Waals surface area contributed by atoms with E-state index in [2.05, 4.69) is 45.2 Å². The minimum absolute atomic E-state index is 0.0112. The summed E-state index contributed by atoms with van der Waals surface area (Å²) in [6.45, 7) is 2.65. The fourth-order valence-electron chi connectivity index (χ4n) is 6.14. The lowest BCUT2D eigenvalue weighted by Gasteiger charge is -2.52. The highest BCUT2D eigenvalue weighted by Crippen LogP contribution is 2.48. The Labute approximate surface area is 195 Å². The number of carbonyl (C=O) groups excluding carboxylic acids is 2. The Morgan fingerprint density at radius 3 is 2.50 bits per heavy atom. The van der Waals surface area contributed by atoms with Gasteiger partial charge in [-0.1, -0.05) is 59.1 Å². The molecule has 0 unspecified atom stereocenters. The summed E-state index contributed by atoms with van der Waals surface area (Å²) in [7, 11) is 0. The van der Waals surface area contributed by atoms with E-state index in [0.717, 1.165) is 57.9 Å². The molecule has 6 heteroatoms. The number of amides is 2. The number of H-pyrrole nitrogens is 1. The quantitative estimate of drug-likeness (QED) is 0.553. The largest absolute Gasteiger partial charge is 0.356 e. The molecule has 2 fully saturated rings. The number of benzene rings is 2. The number of piperazine rings is 1. The maximum absolute atomic E-state index is 14.0. The fraction of sp³-hybridized carbons (Fsp3) is 0.385. The molecular weight excluding hydrogens is 466 g/mol. The second-order valence-corrected chi connectivity index (χ2v) is 10.4. The Balaban J connectivity index is 1.56. The first kappa shape index (κ1) is 20.0. The molecule has 0 spiro atoms. The molecule has 2 atom stereocenters. The van der Waals surface area contributed by atoms with Crippen molar-refractivity contribution in [3.63, 3.8) is 0 Å². The van der Waals surface area contributed by atoms with Crippen LogP contribution < -0.4 is 0 Å². The normalized spacial score (nSPS) is 26.0. The third-order valence-electron chi connectivity index (χ3n) is 7.81. The number of nitrogens with one attached hydrogen (secondary N) is 1. The summed E-state index contributed by atoms with van der Waals surface area (Å²) in [5, 5.41) is 1.13. The minimum atomic E-state index is -1.00. The van der Waals surface area contributed by atoms with Crippen molar-refractivity contribution in [2.24, 2.45) is 0 Å². The van der Waals surface area contributed by atoms with E-state index in [4.69, 9.17) is 0 Å². The van der Waals surface area contributed by atoms with Gasteiger partial charge in [-0.2, -0.15) is 0 Å². The van der Waals surface area contributed by atoms with Crippen LogP contribution in [0.25, 0.3) is 10.9 Å². The highest BCUT2D eigenvalue weighted by Gasteiger charge is 2.57. The van der Waals surface area contributed by atoms with Gasteiger partial charge >= 0.3 is 0 Å². The molecule has 1 aliphatic carbocycles. The zero-order chi connectivity index (χ0) is 22.0. The molecule has 3 aromatic rings. The van der Waals surface area contributed by atoms with Crippen molar-refractivity contribution < 1.29 is 9.59 Å². The van der Waals surface area contributed by atoms with Crippen molar-refractivity contribution in [3.8, 4) is 0 Å². The molecule has 5 nitrogen and oxygen atoms in total. The Hall–Kier alpha value is -2.60. The second kappa shape index (κ2) is 7.20. The van der Waals surface area contributed by atoms with Crippen LogP contribution in [0.2, 0.25) is 0 Å². The van der Waals surface area contributed by atoms with Crippen molar-refractivity contribution in [1.82, 2.24) is 14.8 Å². The summed E-state index contributed by atoms with van der Waals surface area (Å²) in [4.78, 5) is 34.9. The molecule has 3 aliphatic rings. The van der Waals surface area contributed by atoms with Crippen LogP contribution in [0.1, 0.15) is 55.3 Å². The highest BCUT2D eigenvalue weighted by molar-refractivity contribution is 9.10. The van der Waals surface area contributed by atoms with E-state index >= 15 is 0 Å². The third-order valence-corrected chi connectivity index (χ3v) is 8.34. The highest BCUT2D eigenvalue weighted by atomic mass is 79.9. The van der Waals surface area contributed by atoms with Crippen LogP contribution in [-0.2, 0) is 15.1 Å². The molecule has 164 valence electrons. The van der Waals surface area contributed by atoms with Gasteiger partial charge in [-0.15, -0.1) is 0 Å². The first-order valence-electron chi connectivity index (χ1n) is 11.5. The Kier molecular flexibility index (Phi) is 4.51. The van der Waals surface area contributed by atoms with Crippen LogP contribution in [0.3, 0.4) is 0 Å². The minimum Gasteiger partial charge on any atom is -0.356 e. The van der Waals surface area contributed by atoms with Crippen LogP contribution in [0.15, 0.2) is 53.0 Å². The summed E-state index contributed by atoms with van der Waals surface area (Å²) in [6.07, 6.45) is 4.26. The van der Waals surface area contributed by atoms with E-state index in [-0.39, 0.29) is 30.3 Å². The molecule has 1 saturated carbocycles. The first-order chi connectivity index (χ1) is 15.5. The lowest BCUT2D eigenvalue weighted by atomic mass is 9.76. The van der Waals surface area contributed by atoms with E-state index < -0.39 is 5.54 Å². The molecular formula is C26H26BrN3O2. The number of carbonyl (C=O) groups is 2. The molecule has 2 amide bonds. The lowest BCUT2D eigenvalue weighted by Crippen LogP contribution is -2.68. The predicted octanol–water partition coefficient (Wildman–Crippen LogP) is 4.90. The SMILES string of the molecule is C[C@]12C(=O)N(C3CCCC3)CC(=O)N1C[C@H](c1ccc(Br)cc1)c1c2[nH]c2ccccc12. The molecule has 1 saturated heterocycles. The fourth-order valence-corrected chi connectivity index (χ4v) is 6.40. The summed E-state index contributed by atoms with van der Waals surface area (Å²) in [5.41, 5.74) is 3.19. The third kappa shape index (κ3) is 2.75. The number of rotatable bonds is 2. The number of hydrogen-bond donors (Lipinski definition) is 1. The molecule has 0 radical (unpaired) electrons. The molecule has 32 heavy (non-hydrogen) atoms. The summed E-state index contributed by atoms with van der Waals surface area (Å²) < 4.78 is 1.03. The van der Waals surface area contributed by atoms with Crippen molar-refractivity contribution in [3.05, 3.63) is 69.8 Å². The maximum atomic E-state index is 14.0. The van der Waals surface area contributed by atoms with Crippen LogP contribution in [-0.4, -0.2) is 45.7 Å².